The molecule has 6 heteroatoms. The van der Waals surface area contributed by atoms with Gasteiger partial charge in [0.05, 0.1) is 10.6 Å². The highest BCUT2D eigenvalue weighted by molar-refractivity contribution is 5.68. The van der Waals surface area contributed by atoms with Crippen molar-refractivity contribution in [2.45, 2.75) is 0 Å². The van der Waals surface area contributed by atoms with E-state index in [4.69, 9.17) is 5.73 Å². The molecule has 5 nitrogen and oxygen atoms in total. The molecule has 0 amide bonds. The molecule has 0 fully saturated rings. The summed E-state index contributed by atoms with van der Waals surface area (Å²) in [5, 5.41) is 10.6. The molecule has 0 saturated heterocycles. The number of nitrogen functional groups attached to an aromatic ring is 1. The normalized spacial score (nSPS) is 10.2. The van der Waals surface area contributed by atoms with Crippen LogP contribution in [0.3, 0.4) is 0 Å². The van der Waals surface area contributed by atoms with E-state index in [0.717, 1.165) is 6.20 Å². The zero-order chi connectivity index (χ0) is 12.4. The molecule has 86 valence electrons. The predicted octanol–water partition coefficient (Wildman–Crippen LogP) is 2.38. The maximum Gasteiger partial charge on any atom is 0.310 e. The number of benzene rings is 1. The predicted molar refractivity (Wildman–Crippen MR) is 60.7 cm³/mol. The molecule has 2 aromatic rings. The van der Waals surface area contributed by atoms with Gasteiger partial charge in [-0.25, -0.2) is 9.37 Å². The summed E-state index contributed by atoms with van der Waals surface area (Å²) in [4.78, 5) is 13.9. The lowest BCUT2D eigenvalue weighted by Crippen LogP contribution is -1.97. The Bertz CT molecular complexity index is 569. The van der Waals surface area contributed by atoms with Crippen LogP contribution in [-0.4, -0.2) is 9.91 Å². The highest BCUT2D eigenvalue weighted by Crippen LogP contribution is 2.25. The van der Waals surface area contributed by atoms with Crippen molar-refractivity contribution in [3.8, 4) is 11.3 Å². The quantitative estimate of drug-likeness (QED) is 0.637. The van der Waals surface area contributed by atoms with Crippen LogP contribution < -0.4 is 5.73 Å². The van der Waals surface area contributed by atoms with Crippen molar-refractivity contribution in [2.24, 2.45) is 0 Å². The van der Waals surface area contributed by atoms with Gasteiger partial charge < -0.3 is 5.73 Å². The van der Waals surface area contributed by atoms with E-state index in [1.165, 1.54) is 30.3 Å². The lowest BCUT2D eigenvalue weighted by Gasteiger charge is -2.02. The minimum absolute atomic E-state index is 0.0318. The fourth-order valence-electron chi connectivity index (χ4n) is 1.39. The van der Waals surface area contributed by atoms with Crippen molar-refractivity contribution in [1.82, 2.24) is 4.98 Å². The van der Waals surface area contributed by atoms with Crippen LogP contribution in [0, 0.1) is 15.9 Å². The fraction of sp³-hybridized carbons (Fsp3) is 0. The molecule has 2 rings (SSSR count). The van der Waals surface area contributed by atoms with Gasteiger partial charge in [0.25, 0.3) is 0 Å². The summed E-state index contributed by atoms with van der Waals surface area (Å²) in [5.74, 6) is -0.358. The lowest BCUT2D eigenvalue weighted by molar-refractivity contribution is -0.384. The highest BCUT2D eigenvalue weighted by Gasteiger charge is 2.12. The molecule has 0 unspecified atom stereocenters. The average molecular weight is 233 g/mol. The van der Waals surface area contributed by atoms with Gasteiger partial charge in [0, 0.05) is 5.56 Å². The zero-order valence-electron chi connectivity index (χ0n) is 8.63. The number of hydrogen-bond acceptors (Lipinski definition) is 4. The fourth-order valence-corrected chi connectivity index (χ4v) is 1.39. The smallest absolute Gasteiger partial charge is 0.310 e. The molecule has 17 heavy (non-hydrogen) atoms. The second-order valence-corrected chi connectivity index (χ2v) is 3.39. The van der Waals surface area contributed by atoms with Gasteiger partial charge in [0.1, 0.15) is 17.7 Å². The number of hydrogen-bond donors (Lipinski definition) is 1. The Morgan fingerprint density at radius 1 is 1.29 bits per heavy atom. The van der Waals surface area contributed by atoms with E-state index in [1.807, 2.05) is 0 Å². The molecule has 0 radical (unpaired) electrons. The van der Waals surface area contributed by atoms with E-state index in [1.54, 1.807) is 0 Å². The molecule has 2 N–H and O–H groups in total. The van der Waals surface area contributed by atoms with Gasteiger partial charge >= 0.3 is 5.69 Å². The largest absolute Gasteiger partial charge is 0.393 e. The first-order chi connectivity index (χ1) is 8.08. The average Bonchev–Trinajstić information content (AvgIpc) is 2.29. The first-order valence-electron chi connectivity index (χ1n) is 4.74. The van der Waals surface area contributed by atoms with Crippen LogP contribution in [0.5, 0.6) is 0 Å². The minimum Gasteiger partial charge on any atom is -0.393 e. The van der Waals surface area contributed by atoms with Crippen LogP contribution in [0.1, 0.15) is 0 Å². The summed E-state index contributed by atoms with van der Waals surface area (Å²) in [6.07, 6.45) is 1.09. The van der Waals surface area contributed by atoms with Crippen molar-refractivity contribution in [3.63, 3.8) is 0 Å². The number of anilines is 1. The van der Waals surface area contributed by atoms with Crippen LogP contribution in [0.4, 0.5) is 15.8 Å². The molecular formula is C11H8FN3O2. The number of nitrogens with two attached hydrogens (primary N) is 1. The Kier molecular flexibility index (Phi) is 2.70. The monoisotopic (exact) mass is 233 g/mol. The Labute approximate surface area is 95.9 Å². The summed E-state index contributed by atoms with van der Waals surface area (Å²) in [6, 6.07) is 7.03. The number of pyridine rings is 1. The lowest BCUT2D eigenvalue weighted by atomic mass is 10.1. The molecular weight excluding hydrogens is 225 g/mol. The van der Waals surface area contributed by atoms with E-state index in [-0.39, 0.29) is 17.2 Å². The van der Waals surface area contributed by atoms with Crippen molar-refractivity contribution in [1.29, 1.82) is 0 Å². The summed E-state index contributed by atoms with van der Waals surface area (Å²) in [7, 11) is 0. The van der Waals surface area contributed by atoms with Crippen LogP contribution in [0.25, 0.3) is 11.3 Å². The standard InChI is InChI=1S/C11H8FN3O2/c12-8-3-1-7(2-4-8)10-5-9(13)11(6-14-10)15(16)17/h1-6H,(H2,13,14). The van der Waals surface area contributed by atoms with E-state index in [9.17, 15) is 14.5 Å². The van der Waals surface area contributed by atoms with E-state index in [0.29, 0.717) is 11.3 Å². The SMILES string of the molecule is Nc1cc(-c2ccc(F)cc2)ncc1[N+](=O)[O-]. The highest BCUT2D eigenvalue weighted by atomic mass is 19.1. The Morgan fingerprint density at radius 3 is 2.47 bits per heavy atom. The number of rotatable bonds is 2. The van der Waals surface area contributed by atoms with Gasteiger partial charge in [-0.1, -0.05) is 0 Å². The number of nitro groups is 1. The molecule has 0 atom stereocenters. The first-order valence-corrected chi connectivity index (χ1v) is 4.74. The van der Waals surface area contributed by atoms with Gasteiger partial charge in [0.2, 0.25) is 0 Å². The summed E-state index contributed by atoms with van der Waals surface area (Å²) in [5.41, 5.74) is 6.44. The van der Waals surface area contributed by atoms with Gasteiger partial charge in [-0.2, -0.15) is 0 Å². The molecule has 1 aromatic heterocycles. The van der Waals surface area contributed by atoms with Crippen LogP contribution in [-0.2, 0) is 0 Å². The molecule has 0 aliphatic rings. The second kappa shape index (κ2) is 4.17. The van der Waals surface area contributed by atoms with E-state index >= 15 is 0 Å². The molecule has 0 aliphatic carbocycles. The zero-order valence-corrected chi connectivity index (χ0v) is 8.63. The Hall–Kier alpha value is -2.50. The number of aromatic nitrogens is 1. The molecule has 0 bridgehead atoms. The number of halogens is 1. The molecule has 0 spiro atoms. The first kappa shape index (κ1) is 11.0. The van der Waals surface area contributed by atoms with Crippen LogP contribution in [0.2, 0.25) is 0 Å². The van der Waals surface area contributed by atoms with Crippen LogP contribution in [0.15, 0.2) is 36.5 Å². The van der Waals surface area contributed by atoms with Crippen molar-refractivity contribution < 1.29 is 9.31 Å². The topological polar surface area (TPSA) is 82.0 Å². The Morgan fingerprint density at radius 2 is 1.94 bits per heavy atom. The summed E-state index contributed by atoms with van der Waals surface area (Å²) in [6.45, 7) is 0. The van der Waals surface area contributed by atoms with Crippen LogP contribution >= 0.6 is 0 Å². The molecule has 0 aliphatic heterocycles. The third kappa shape index (κ3) is 2.20. The molecule has 0 saturated carbocycles. The van der Waals surface area contributed by atoms with Gasteiger partial charge in [-0.05, 0) is 30.3 Å². The van der Waals surface area contributed by atoms with Gasteiger partial charge in [0.15, 0.2) is 0 Å². The second-order valence-electron chi connectivity index (χ2n) is 3.39. The Balaban J connectivity index is 2.44. The molecule has 1 heterocycles. The minimum atomic E-state index is -0.600. The third-order valence-corrected chi connectivity index (χ3v) is 2.25. The van der Waals surface area contributed by atoms with Gasteiger partial charge in [-0.15, -0.1) is 0 Å². The maximum atomic E-state index is 12.7. The third-order valence-electron chi connectivity index (χ3n) is 2.25. The van der Waals surface area contributed by atoms with E-state index < -0.39 is 4.92 Å². The molecule has 1 aromatic carbocycles. The summed E-state index contributed by atoms with van der Waals surface area (Å²) < 4.78 is 12.7. The van der Waals surface area contributed by atoms with Gasteiger partial charge in [-0.3, -0.25) is 10.1 Å². The van der Waals surface area contributed by atoms with Crippen molar-refractivity contribution >= 4 is 11.4 Å². The number of nitrogens with zero attached hydrogens (tertiary/aromatic N) is 2. The summed E-state index contributed by atoms with van der Waals surface area (Å²) >= 11 is 0. The maximum absolute atomic E-state index is 12.7. The van der Waals surface area contributed by atoms with E-state index in [2.05, 4.69) is 4.98 Å². The van der Waals surface area contributed by atoms with Crippen molar-refractivity contribution in [2.75, 3.05) is 5.73 Å². The van der Waals surface area contributed by atoms with Crippen molar-refractivity contribution in [3.05, 3.63) is 52.5 Å².